The number of rotatable bonds is 2. The van der Waals surface area contributed by atoms with Crippen molar-refractivity contribution in [1.82, 2.24) is 4.98 Å². The van der Waals surface area contributed by atoms with Gasteiger partial charge in [0.05, 0.1) is 11.9 Å². The van der Waals surface area contributed by atoms with E-state index in [0.717, 1.165) is 23.1 Å². The van der Waals surface area contributed by atoms with Gasteiger partial charge in [-0.2, -0.15) is 0 Å². The first kappa shape index (κ1) is 11.0. The number of fused-ring (bicyclic) bond motifs is 2. The highest BCUT2D eigenvalue weighted by Crippen LogP contribution is 2.43. The van der Waals surface area contributed by atoms with Gasteiger partial charge >= 0.3 is 0 Å². The van der Waals surface area contributed by atoms with E-state index in [1.54, 1.807) is 6.20 Å². The number of carbonyl (C=O) groups is 1. The van der Waals surface area contributed by atoms with Crippen molar-refractivity contribution in [1.29, 1.82) is 0 Å². The molecule has 4 heteroatoms. The topological polar surface area (TPSA) is 42.0 Å². The average Bonchev–Trinajstić information content (AvgIpc) is 2.94. The van der Waals surface area contributed by atoms with Crippen LogP contribution in [0, 0.1) is 17.8 Å². The van der Waals surface area contributed by atoms with Crippen LogP contribution >= 0.6 is 15.9 Å². The van der Waals surface area contributed by atoms with E-state index in [1.165, 1.54) is 0 Å². The van der Waals surface area contributed by atoms with Gasteiger partial charge in [0.1, 0.15) is 4.60 Å². The molecule has 0 aromatic carbocycles. The molecule has 3 atom stereocenters. The first-order chi connectivity index (χ1) is 8.22. The van der Waals surface area contributed by atoms with E-state index in [-0.39, 0.29) is 11.8 Å². The van der Waals surface area contributed by atoms with Crippen molar-refractivity contribution in [3.05, 3.63) is 35.1 Å². The maximum Gasteiger partial charge on any atom is 0.228 e. The van der Waals surface area contributed by atoms with Crippen molar-refractivity contribution in [2.75, 3.05) is 5.32 Å². The van der Waals surface area contributed by atoms with Gasteiger partial charge in [0.2, 0.25) is 5.91 Å². The Morgan fingerprint density at radius 3 is 2.82 bits per heavy atom. The van der Waals surface area contributed by atoms with Gasteiger partial charge in [-0.25, -0.2) is 4.98 Å². The molecule has 1 N–H and O–H groups in total. The van der Waals surface area contributed by atoms with Crippen molar-refractivity contribution in [2.45, 2.75) is 12.8 Å². The third-order valence-corrected chi connectivity index (χ3v) is 4.08. The molecule has 1 fully saturated rings. The predicted molar refractivity (Wildman–Crippen MR) is 69.4 cm³/mol. The van der Waals surface area contributed by atoms with Crippen LogP contribution in [0.3, 0.4) is 0 Å². The van der Waals surface area contributed by atoms with Crippen molar-refractivity contribution >= 4 is 27.5 Å². The molecule has 17 heavy (non-hydrogen) atoms. The SMILES string of the molecule is O=C(Nc1ccc(Br)nc1)C1CC2C=CC1C2. The molecular weight excluding hydrogens is 280 g/mol. The molecule has 3 rings (SSSR count). The lowest BCUT2D eigenvalue weighted by atomic mass is 9.93. The zero-order valence-corrected chi connectivity index (χ0v) is 10.9. The molecule has 3 unspecified atom stereocenters. The van der Waals surface area contributed by atoms with Crippen molar-refractivity contribution in [3.63, 3.8) is 0 Å². The average molecular weight is 293 g/mol. The molecule has 2 aliphatic carbocycles. The standard InChI is InChI=1S/C13H13BrN2O/c14-12-4-3-10(7-15-12)16-13(17)11-6-8-1-2-9(11)5-8/h1-4,7-9,11H,5-6H2,(H,16,17). The van der Waals surface area contributed by atoms with Gasteiger partial charge in [-0.3, -0.25) is 4.79 Å². The smallest absolute Gasteiger partial charge is 0.228 e. The summed E-state index contributed by atoms with van der Waals surface area (Å²) in [5.41, 5.74) is 0.768. The van der Waals surface area contributed by atoms with Crippen LogP contribution in [0.2, 0.25) is 0 Å². The summed E-state index contributed by atoms with van der Waals surface area (Å²) in [6.07, 6.45) is 8.26. The number of hydrogen-bond donors (Lipinski definition) is 1. The molecule has 1 aromatic heterocycles. The number of amides is 1. The molecule has 2 aliphatic rings. The second-order valence-electron chi connectivity index (χ2n) is 4.75. The Kier molecular flexibility index (Phi) is 2.74. The highest BCUT2D eigenvalue weighted by atomic mass is 79.9. The molecule has 1 saturated carbocycles. The predicted octanol–water partition coefficient (Wildman–Crippen LogP) is 2.99. The van der Waals surface area contributed by atoms with Gasteiger partial charge in [0, 0.05) is 5.92 Å². The van der Waals surface area contributed by atoms with Crippen LogP contribution in [-0.2, 0) is 4.79 Å². The van der Waals surface area contributed by atoms with Gasteiger partial charge in [0.15, 0.2) is 0 Å². The van der Waals surface area contributed by atoms with Crippen LogP contribution in [0.15, 0.2) is 35.1 Å². The number of nitrogens with zero attached hydrogens (tertiary/aromatic N) is 1. The largest absolute Gasteiger partial charge is 0.324 e. The van der Waals surface area contributed by atoms with Crippen LogP contribution in [0.25, 0.3) is 0 Å². The summed E-state index contributed by atoms with van der Waals surface area (Å²) < 4.78 is 0.776. The molecule has 3 nitrogen and oxygen atoms in total. The fourth-order valence-electron chi connectivity index (χ4n) is 2.77. The van der Waals surface area contributed by atoms with E-state index >= 15 is 0 Å². The van der Waals surface area contributed by atoms with Gasteiger partial charge < -0.3 is 5.32 Å². The Bertz CT molecular complexity index is 469. The lowest BCUT2D eigenvalue weighted by molar-refractivity contribution is -0.120. The van der Waals surface area contributed by atoms with E-state index in [0.29, 0.717) is 11.8 Å². The number of allylic oxidation sites excluding steroid dienone is 2. The second-order valence-corrected chi connectivity index (χ2v) is 5.56. The minimum Gasteiger partial charge on any atom is -0.324 e. The van der Waals surface area contributed by atoms with Crippen LogP contribution in [0.5, 0.6) is 0 Å². The number of nitrogens with one attached hydrogen (secondary N) is 1. The fourth-order valence-corrected chi connectivity index (χ4v) is 3.00. The van der Waals surface area contributed by atoms with Crippen LogP contribution in [-0.4, -0.2) is 10.9 Å². The molecule has 2 bridgehead atoms. The molecule has 1 aromatic rings. The van der Waals surface area contributed by atoms with Crippen molar-refractivity contribution in [2.24, 2.45) is 17.8 Å². The summed E-state index contributed by atoms with van der Waals surface area (Å²) in [4.78, 5) is 16.2. The third-order valence-electron chi connectivity index (χ3n) is 3.61. The second kappa shape index (κ2) is 4.26. The Morgan fingerprint density at radius 1 is 1.35 bits per heavy atom. The normalized spacial score (nSPS) is 29.6. The Labute approximate surface area is 108 Å². The molecule has 88 valence electrons. The molecule has 0 saturated heterocycles. The molecule has 1 amide bonds. The Morgan fingerprint density at radius 2 is 2.24 bits per heavy atom. The van der Waals surface area contributed by atoms with E-state index in [4.69, 9.17) is 0 Å². The minimum atomic E-state index is 0.131. The summed E-state index contributed by atoms with van der Waals surface area (Å²) in [7, 11) is 0. The minimum absolute atomic E-state index is 0.131. The number of halogens is 1. The quantitative estimate of drug-likeness (QED) is 0.673. The summed E-state index contributed by atoms with van der Waals surface area (Å²) in [5, 5.41) is 2.94. The molecule has 1 heterocycles. The summed E-state index contributed by atoms with van der Waals surface area (Å²) in [6.45, 7) is 0. The maximum atomic E-state index is 12.1. The number of pyridine rings is 1. The van der Waals surface area contributed by atoms with Crippen LogP contribution in [0.4, 0.5) is 5.69 Å². The summed E-state index contributed by atoms with van der Waals surface area (Å²) in [6, 6.07) is 3.69. The summed E-state index contributed by atoms with van der Waals surface area (Å²) >= 11 is 3.27. The van der Waals surface area contributed by atoms with E-state index in [1.807, 2.05) is 12.1 Å². The van der Waals surface area contributed by atoms with Crippen LogP contribution < -0.4 is 5.32 Å². The van der Waals surface area contributed by atoms with Crippen molar-refractivity contribution in [3.8, 4) is 0 Å². The third kappa shape index (κ3) is 2.14. The number of aromatic nitrogens is 1. The van der Waals surface area contributed by atoms with E-state index in [2.05, 4.69) is 38.4 Å². The van der Waals surface area contributed by atoms with Gasteiger partial charge in [0.25, 0.3) is 0 Å². The molecule has 0 spiro atoms. The van der Waals surface area contributed by atoms with Gasteiger partial charge in [-0.05, 0) is 52.7 Å². The van der Waals surface area contributed by atoms with Gasteiger partial charge in [-0.1, -0.05) is 12.2 Å². The highest BCUT2D eigenvalue weighted by molar-refractivity contribution is 9.10. The highest BCUT2D eigenvalue weighted by Gasteiger charge is 2.39. The Balaban J connectivity index is 1.68. The molecule has 0 radical (unpaired) electrons. The lowest BCUT2D eigenvalue weighted by Gasteiger charge is -2.17. The molecule has 0 aliphatic heterocycles. The number of hydrogen-bond acceptors (Lipinski definition) is 2. The zero-order valence-electron chi connectivity index (χ0n) is 9.27. The first-order valence-electron chi connectivity index (χ1n) is 5.83. The number of carbonyl (C=O) groups excluding carboxylic acids is 1. The fraction of sp³-hybridized carbons (Fsp3) is 0.385. The van der Waals surface area contributed by atoms with E-state index in [9.17, 15) is 4.79 Å². The van der Waals surface area contributed by atoms with E-state index < -0.39 is 0 Å². The Hall–Kier alpha value is -1.16. The first-order valence-corrected chi connectivity index (χ1v) is 6.62. The molecular formula is C13H13BrN2O. The summed E-state index contributed by atoms with van der Waals surface area (Å²) in [5.74, 6) is 1.35. The zero-order chi connectivity index (χ0) is 11.8. The van der Waals surface area contributed by atoms with Crippen molar-refractivity contribution < 1.29 is 4.79 Å². The van der Waals surface area contributed by atoms with Gasteiger partial charge in [-0.15, -0.1) is 0 Å². The lowest BCUT2D eigenvalue weighted by Crippen LogP contribution is -2.25. The van der Waals surface area contributed by atoms with Crippen LogP contribution in [0.1, 0.15) is 12.8 Å². The monoisotopic (exact) mass is 292 g/mol. The maximum absolute atomic E-state index is 12.1. The number of anilines is 1.